The van der Waals surface area contributed by atoms with Gasteiger partial charge in [-0.25, -0.2) is 0 Å². The SMILES string of the molecule is CC(c1ccc(-c2ccc(CO[C@@H]3CCNC3)cc2)cc1)N1CCN(CCO)CC1. The number of aliphatic hydroxyl groups is 1. The van der Waals surface area contributed by atoms with Crippen molar-refractivity contribution in [3.63, 3.8) is 0 Å². The second-order valence-corrected chi connectivity index (χ2v) is 8.52. The minimum absolute atomic E-state index is 0.253. The summed E-state index contributed by atoms with van der Waals surface area (Å²) < 4.78 is 5.97. The third kappa shape index (κ3) is 5.48. The summed E-state index contributed by atoms with van der Waals surface area (Å²) >= 11 is 0. The van der Waals surface area contributed by atoms with E-state index in [0.717, 1.165) is 52.2 Å². The van der Waals surface area contributed by atoms with Crippen LogP contribution in [-0.4, -0.2) is 73.4 Å². The van der Waals surface area contributed by atoms with E-state index in [0.29, 0.717) is 18.8 Å². The van der Waals surface area contributed by atoms with Crippen LogP contribution < -0.4 is 5.32 Å². The smallest absolute Gasteiger partial charge is 0.0721 e. The molecular formula is C25H35N3O2. The number of ether oxygens (including phenoxy) is 1. The van der Waals surface area contributed by atoms with Gasteiger partial charge >= 0.3 is 0 Å². The molecule has 2 aromatic carbocycles. The van der Waals surface area contributed by atoms with Gasteiger partial charge in [-0.05, 0) is 42.1 Å². The number of hydrogen-bond donors (Lipinski definition) is 2. The molecule has 5 nitrogen and oxygen atoms in total. The zero-order chi connectivity index (χ0) is 20.8. The maximum absolute atomic E-state index is 9.11. The van der Waals surface area contributed by atoms with Crippen molar-refractivity contribution in [1.82, 2.24) is 15.1 Å². The maximum atomic E-state index is 9.11. The molecule has 0 spiro atoms. The monoisotopic (exact) mass is 409 g/mol. The molecule has 2 saturated heterocycles. The van der Waals surface area contributed by atoms with Crippen molar-refractivity contribution in [2.45, 2.75) is 32.1 Å². The lowest BCUT2D eigenvalue weighted by Gasteiger charge is -2.38. The summed E-state index contributed by atoms with van der Waals surface area (Å²) in [5.74, 6) is 0. The molecular weight excluding hydrogens is 374 g/mol. The average molecular weight is 410 g/mol. The maximum Gasteiger partial charge on any atom is 0.0721 e. The van der Waals surface area contributed by atoms with Crippen LogP contribution in [0.3, 0.4) is 0 Å². The van der Waals surface area contributed by atoms with Crippen molar-refractivity contribution in [3.8, 4) is 11.1 Å². The summed E-state index contributed by atoms with van der Waals surface area (Å²) in [4.78, 5) is 4.88. The second kappa shape index (κ2) is 10.5. The van der Waals surface area contributed by atoms with Crippen LogP contribution in [-0.2, 0) is 11.3 Å². The zero-order valence-corrected chi connectivity index (χ0v) is 18.1. The predicted octanol–water partition coefficient (Wildman–Crippen LogP) is 2.90. The van der Waals surface area contributed by atoms with E-state index in [2.05, 4.69) is 70.6 Å². The molecule has 1 unspecified atom stereocenters. The largest absolute Gasteiger partial charge is 0.395 e. The number of piperazine rings is 1. The minimum atomic E-state index is 0.253. The topological polar surface area (TPSA) is 48.0 Å². The number of nitrogens with zero attached hydrogens (tertiary/aromatic N) is 2. The highest BCUT2D eigenvalue weighted by Gasteiger charge is 2.21. The molecule has 30 heavy (non-hydrogen) atoms. The van der Waals surface area contributed by atoms with Crippen LogP contribution in [0.1, 0.15) is 30.5 Å². The van der Waals surface area contributed by atoms with E-state index in [1.54, 1.807) is 0 Å². The van der Waals surface area contributed by atoms with E-state index in [4.69, 9.17) is 9.84 Å². The fourth-order valence-corrected chi connectivity index (χ4v) is 4.46. The number of rotatable bonds is 8. The number of nitrogens with one attached hydrogen (secondary N) is 1. The summed E-state index contributed by atoms with van der Waals surface area (Å²) in [6, 6.07) is 18.2. The Balaban J connectivity index is 1.31. The number of hydrogen-bond acceptors (Lipinski definition) is 5. The average Bonchev–Trinajstić information content (AvgIpc) is 3.32. The Bertz CT molecular complexity index is 764. The molecule has 4 rings (SSSR count). The highest BCUT2D eigenvalue weighted by Crippen LogP contribution is 2.26. The van der Waals surface area contributed by atoms with E-state index < -0.39 is 0 Å². The van der Waals surface area contributed by atoms with Crippen LogP contribution in [0.25, 0.3) is 11.1 Å². The first-order chi connectivity index (χ1) is 14.7. The number of β-amino-alcohol motifs (C(OH)–C–C–N with tert-alkyl or cyclic N) is 1. The Kier molecular flexibility index (Phi) is 7.52. The van der Waals surface area contributed by atoms with Gasteiger partial charge in [0.25, 0.3) is 0 Å². The fraction of sp³-hybridized carbons (Fsp3) is 0.520. The molecule has 2 aliphatic rings. The summed E-state index contributed by atoms with van der Waals surface area (Å²) in [6.07, 6.45) is 1.47. The summed E-state index contributed by atoms with van der Waals surface area (Å²) in [5, 5.41) is 12.5. The van der Waals surface area contributed by atoms with Gasteiger partial charge in [0.2, 0.25) is 0 Å². The quantitative estimate of drug-likeness (QED) is 0.702. The highest BCUT2D eigenvalue weighted by atomic mass is 16.5. The second-order valence-electron chi connectivity index (χ2n) is 8.52. The molecule has 0 aromatic heterocycles. The Morgan fingerprint density at radius 1 is 1.00 bits per heavy atom. The van der Waals surface area contributed by atoms with Crippen molar-refractivity contribution in [3.05, 3.63) is 59.7 Å². The van der Waals surface area contributed by atoms with Gasteiger partial charge in [-0.3, -0.25) is 9.80 Å². The Morgan fingerprint density at radius 2 is 1.67 bits per heavy atom. The predicted molar refractivity (Wildman–Crippen MR) is 121 cm³/mol. The van der Waals surface area contributed by atoms with Gasteiger partial charge in [0.05, 0.1) is 19.3 Å². The molecule has 2 atom stereocenters. The third-order valence-corrected chi connectivity index (χ3v) is 6.55. The first kappa shape index (κ1) is 21.5. The van der Waals surface area contributed by atoms with Crippen molar-refractivity contribution >= 4 is 0 Å². The van der Waals surface area contributed by atoms with Crippen molar-refractivity contribution in [1.29, 1.82) is 0 Å². The molecule has 2 heterocycles. The van der Waals surface area contributed by atoms with Crippen LogP contribution in [0, 0.1) is 0 Å². The summed E-state index contributed by atoms with van der Waals surface area (Å²) in [5.41, 5.74) is 5.10. The summed E-state index contributed by atoms with van der Waals surface area (Å²) in [6.45, 7) is 10.3. The zero-order valence-electron chi connectivity index (χ0n) is 18.1. The van der Waals surface area contributed by atoms with E-state index in [-0.39, 0.29) is 6.61 Å². The molecule has 2 N–H and O–H groups in total. The molecule has 0 aliphatic carbocycles. The lowest BCUT2D eigenvalue weighted by molar-refractivity contribution is 0.0542. The van der Waals surface area contributed by atoms with Gasteiger partial charge in [0.15, 0.2) is 0 Å². The highest BCUT2D eigenvalue weighted by molar-refractivity contribution is 5.64. The van der Waals surface area contributed by atoms with Crippen LogP contribution in [0.15, 0.2) is 48.5 Å². The standard InChI is InChI=1S/C25H35N3O2/c1-20(28-14-12-27(13-15-28)16-17-29)22-6-8-24(9-7-22)23-4-2-21(3-5-23)19-30-25-10-11-26-18-25/h2-9,20,25-26,29H,10-19H2,1H3/t20?,25-/m1/s1. The van der Waals surface area contributed by atoms with Crippen molar-refractivity contribution in [2.75, 3.05) is 52.4 Å². The third-order valence-electron chi connectivity index (χ3n) is 6.55. The van der Waals surface area contributed by atoms with Crippen LogP contribution >= 0.6 is 0 Å². The van der Waals surface area contributed by atoms with Gasteiger partial charge in [-0.1, -0.05) is 48.5 Å². The molecule has 0 radical (unpaired) electrons. The Labute approximate surface area is 180 Å². The van der Waals surface area contributed by atoms with Crippen LogP contribution in [0.4, 0.5) is 0 Å². The van der Waals surface area contributed by atoms with E-state index in [1.165, 1.54) is 22.3 Å². The number of benzene rings is 2. The van der Waals surface area contributed by atoms with Gasteiger partial charge in [-0.2, -0.15) is 0 Å². The van der Waals surface area contributed by atoms with Gasteiger partial charge < -0.3 is 15.2 Å². The first-order valence-electron chi connectivity index (χ1n) is 11.3. The molecule has 2 fully saturated rings. The minimum Gasteiger partial charge on any atom is -0.395 e. The lowest BCUT2D eigenvalue weighted by atomic mass is 9.99. The fourth-order valence-electron chi connectivity index (χ4n) is 4.46. The molecule has 2 aromatic rings. The molecule has 5 heteroatoms. The lowest BCUT2D eigenvalue weighted by Crippen LogP contribution is -2.47. The molecule has 0 saturated carbocycles. The van der Waals surface area contributed by atoms with Crippen LogP contribution in [0.2, 0.25) is 0 Å². The Hall–Kier alpha value is -1.76. The summed E-state index contributed by atoms with van der Waals surface area (Å²) in [7, 11) is 0. The van der Waals surface area contributed by atoms with Gasteiger partial charge in [-0.15, -0.1) is 0 Å². The van der Waals surface area contributed by atoms with Gasteiger partial charge in [0, 0.05) is 45.3 Å². The number of aliphatic hydroxyl groups excluding tert-OH is 1. The van der Waals surface area contributed by atoms with Crippen LogP contribution in [0.5, 0.6) is 0 Å². The normalized spacial score (nSPS) is 21.7. The molecule has 0 amide bonds. The van der Waals surface area contributed by atoms with E-state index in [1.807, 2.05) is 0 Å². The van der Waals surface area contributed by atoms with Gasteiger partial charge in [0.1, 0.15) is 0 Å². The Morgan fingerprint density at radius 3 is 2.27 bits per heavy atom. The molecule has 0 bridgehead atoms. The molecule has 162 valence electrons. The molecule has 2 aliphatic heterocycles. The van der Waals surface area contributed by atoms with E-state index >= 15 is 0 Å². The van der Waals surface area contributed by atoms with Crippen molar-refractivity contribution in [2.24, 2.45) is 0 Å². The van der Waals surface area contributed by atoms with E-state index in [9.17, 15) is 0 Å². The first-order valence-corrected chi connectivity index (χ1v) is 11.3. The van der Waals surface area contributed by atoms with Crippen molar-refractivity contribution < 1.29 is 9.84 Å².